The minimum absolute atomic E-state index is 0.113. The van der Waals surface area contributed by atoms with Gasteiger partial charge in [0.1, 0.15) is 5.82 Å². The minimum Gasteiger partial charge on any atom is -0.388 e. The number of fused-ring (bicyclic) bond motifs is 1. The third-order valence-electron chi connectivity index (χ3n) is 11.7. The average Bonchev–Trinajstić information content (AvgIpc) is 3.66. The molecule has 0 aliphatic heterocycles. The van der Waals surface area contributed by atoms with Gasteiger partial charge in [-0.2, -0.15) is 0 Å². The molecule has 7 aromatic carbocycles. The average molecular weight is 791 g/mol. The quantitative estimate of drug-likeness (QED) is 0.158. The van der Waals surface area contributed by atoms with Crippen LogP contribution in [0.15, 0.2) is 182 Å². The molecule has 0 atom stereocenters. The van der Waals surface area contributed by atoms with E-state index in [-0.39, 0.29) is 5.41 Å². The number of nitrogens with one attached hydrogen (secondary N) is 1. The predicted molar refractivity (Wildman–Crippen MR) is 258 cm³/mol. The van der Waals surface area contributed by atoms with Gasteiger partial charge in [0.15, 0.2) is 0 Å². The van der Waals surface area contributed by atoms with Gasteiger partial charge in [0, 0.05) is 41.7 Å². The highest BCUT2D eigenvalue weighted by atomic mass is 15.1. The van der Waals surface area contributed by atoms with Crippen LogP contribution in [0.1, 0.15) is 48.8 Å². The Morgan fingerprint density at radius 1 is 0.557 bits per heavy atom. The maximum Gasteiger partial charge on any atom is 0.140 e. The molecule has 0 bridgehead atoms. The number of hydrogen-bond acceptors (Lipinski definition) is 3. The van der Waals surface area contributed by atoms with Crippen molar-refractivity contribution in [1.29, 1.82) is 0 Å². The lowest BCUT2D eigenvalue weighted by molar-refractivity contribution is 0.590. The Bertz CT molecular complexity index is 3020. The van der Waals surface area contributed by atoms with Gasteiger partial charge in [0.05, 0.1) is 22.4 Å². The maximum atomic E-state index is 5.59. The van der Waals surface area contributed by atoms with Crippen molar-refractivity contribution < 1.29 is 0 Å². The van der Waals surface area contributed by atoms with Crippen molar-refractivity contribution >= 4 is 22.8 Å². The van der Waals surface area contributed by atoms with Crippen LogP contribution in [0.5, 0.6) is 0 Å². The molecule has 0 radical (unpaired) electrons. The number of hydrogen-bond donors (Lipinski definition) is 1. The molecule has 298 valence electrons. The third kappa shape index (κ3) is 7.81. The van der Waals surface area contributed by atoms with Crippen molar-refractivity contribution in [3.05, 3.63) is 210 Å². The second-order valence-corrected chi connectivity index (χ2v) is 16.9. The van der Waals surface area contributed by atoms with Crippen LogP contribution in [-0.4, -0.2) is 21.6 Å². The Balaban J connectivity index is 1.29. The topological polar surface area (TPSA) is 42.7 Å². The summed E-state index contributed by atoms with van der Waals surface area (Å²) >= 11 is 0. The Morgan fingerprint density at radius 3 is 1.90 bits per heavy atom. The third-order valence-corrected chi connectivity index (χ3v) is 11.7. The molecule has 4 heteroatoms. The van der Waals surface area contributed by atoms with E-state index < -0.39 is 0 Å². The van der Waals surface area contributed by atoms with Crippen molar-refractivity contribution in [3.8, 4) is 61.5 Å². The first kappa shape index (κ1) is 39.2. The highest BCUT2D eigenvalue weighted by Crippen LogP contribution is 2.40. The number of para-hydroxylation sites is 1. The molecule has 4 nitrogen and oxygen atoms in total. The summed E-state index contributed by atoms with van der Waals surface area (Å²) in [6.45, 7) is 11.2. The van der Waals surface area contributed by atoms with Crippen molar-refractivity contribution in [3.63, 3.8) is 0 Å². The normalized spacial score (nSPS) is 11.9. The fourth-order valence-corrected chi connectivity index (χ4v) is 8.51. The molecule has 2 aromatic heterocycles. The first-order valence-electron chi connectivity index (χ1n) is 21.1. The highest BCUT2D eigenvalue weighted by molar-refractivity contribution is 5.97. The van der Waals surface area contributed by atoms with Gasteiger partial charge in [0.25, 0.3) is 0 Å². The van der Waals surface area contributed by atoms with Crippen LogP contribution in [0.25, 0.3) is 84.3 Å². The van der Waals surface area contributed by atoms with Crippen LogP contribution in [0, 0.1) is 13.8 Å². The molecule has 0 unspecified atom stereocenters. The second-order valence-electron chi connectivity index (χ2n) is 16.9. The molecule has 0 amide bonds. The molecule has 1 N–H and O–H groups in total. The molecule has 0 saturated carbocycles. The highest BCUT2D eigenvalue weighted by Gasteiger charge is 2.22. The maximum absolute atomic E-state index is 5.59. The summed E-state index contributed by atoms with van der Waals surface area (Å²) in [5, 5.41) is 3.49. The molecule has 0 aliphatic carbocycles. The van der Waals surface area contributed by atoms with Crippen LogP contribution >= 0.6 is 0 Å². The zero-order valence-corrected chi connectivity index (χ0v) is 35.7. The van der Waals surface area contributed by atoms with Gasteiger partial charge >= 0.3 is 0 Å². The van der Waals surface area contributed by atoms with Gasteiger partial charge in [0.2, 0.25) is 0 Å². The SMILES string of the molecule is CN/C(=C\c1nc2c(-c3cc(-c4cc(-c5c(C)cccc5C)ccn4)cc(C(C)(C)C)c3)cccc2n1-c1ccc(-c2ccccc2)cc1-c1ccccc1)c1ccccc1. The summed E-state index contributed by atoms with van der Waals surface area (Å²) in [4.78, 5) is 10.6. The van der Waals surface area contributed by atoms with E-state index in [2.05, 4.69) is 220 Å². The van der Waals surface area contributed by atoms with E-state index >= 15 is 0 Å². The summed E-state index contributed by atoms with van der Waals surface area (Å²) in [5.41, 5.74) is 19.9. The Kier molecular flexibility index (Phi) is 10.5. The Labute approximate surface area is 360 Å². The molecule has 9 rings (SSSR count). The van der Waals surface area contributed by atoms with Gasteiger partial charge in [-0.3, -0.25) is 9.55 Å². The summed E-state index contributed by atoms with van der Waals surface area (Å²) in [6.07, 6.45) is 4.12. The van der Waals surface area contributed by atoms with Crippen molar-refractivity contribution in [2.24, 2.45) is 0 Å². The molecule has 0 fully saturated rings. The molecular formula is C57H50N4. The largest absolute Gasteiger partial charge is 0.388 e. The molecule has 2 heterocycles. The van der Waals surface area contributed by atoms with E-state index in [1.165, 1.54) is 33.4 Å². The molecule has 0 spiro atoms. The predicted octanol–water partition coefficient (Wildman–Crippen LogP) is 14.4. The van der Waals surface area contributed by atoms with Crippen molar-refractivity contribution in [2.45, 2.75) is 40.0 Å². The second kappa shape index (κ2) is 16.4. The first-order chi connectivity index (χ1) is 29.7. The zero-order chi connectivity index (χ0) is 42.1. The van der Waals surface area contributed by atoms with Crippen LogP contribution in [0.3, 0.4) is 0 Å². The number of imidazole rings is 1. The van der Waals surface area contributed by atoms with Crippen LogP contribution < -0.4 is 5.32 Å². The van der Waals surface area contributed by atoms with E-state index in [1.54, 1.807) is 0 Å². The van der Waals surface area contributed by atoms with Crippen LogP contribution in [0.2, 0.25) is 0 Å². The standard InChI is InChI=1S/C57H50N4/c1-38-18-16-19-39(2)55(38)44-30-31-59-51(36-44)46-32-45(33-47(34-46)57(3,4)5)48-26-17-27-53-56(48)60-54(37-50(58-6)42-24-14-9-15-25-42)61(53)52-29-28-43(40-20-10-7-11-21-40)35-49(52)41-22-12-8-13-23-41/h7-37,58H,1-6H3/b50-37-. The Morgan fingerprint density at radius 2 is 1.21 bits per heavy atom. The van der Waals surface area contributed by atoms with E-state index in [9.17, 15) is 0 Å². The lowest BCUT2D eigenvalue weighted by Crippen LogP contribution is -2.11. The minimum atomic E-state index is -0.113. The number of aryl methyl sites for hydroxylation is 2. The van der Waals surface area contributed by atoms with Gasteiger partial charge in [-0.1, -0.05) is 154 Å². The fourth-order valence-electron chi connectivity index (χ4n) is 8.51. The smallest absolute Gasteiger partial charge is 0.140 e. The summed E-state index contributed by atoms with van der Waals surface area (Å²) in [7, 11) is 1.98. The van der Waals surface area contributed by atoms with E-state index in [4.69, 9.17) is 9.97 Å². The van der Waals surface area contributed by atoms with E-state index in [0.29, 0.717) is 0 Å². The van der Waals surface area contributed by atoms with Crippen molar-refractivity contribution in [2.75, 3.05) is 7.05 Å². The number of benzene rings is 7. The van der Waals surface area contributed by atoms with Crippen LogP contribution in [-0.2, 0) is 5.41 Å². The summed E-state index contributed by atoms with van der Waals surface area (Å²) in [6, 6.07) is 63.0. The van der Waals surface area contributed by atoms with E-state index in [1.807, 2.05) is 19.3 Å². The lowest BCUT2D eigenvalue weighted by atomic mass is 9.83. The van der Waals surface area contributed by atoms with Gasteiger partial charge in [-0.05, 0) is 117 Å². The molecular weight excluding hydrogens is 741 g/mol. The van der Waals surface area contributed by atoms with Crippen molar-refractivity contribution in [1.82, 2.24) is 19.9 Å². The molecule has 0 aliphatic rings. The van der Waals surface area contributed by atoms with E-state index in [0.717, 1.165) is 72.9 Å². The number of pyridine rings is 1. The molecule has 0 saturated heterocycles. The lowest BCUT2D eigenvalue weighted by Gasteiger charge is -2.22. The molecule has 9 aromatic rings. The zero-order valence-electron chi connectivity index (χ0n) is 35.7. The van der Waals surface area contributed by atoms with Gasteiger partial charge in [-0.25, -0.2) is 4.98 Å². The fraction of sp³-hybridized carbons (Fsp3) is 0.123. The van der Waals surface area contributed by atoms with Gasteiger partial charge < -0.3 is 5.32 Å². The summed E-state index contributed by atoms with van der Waals surface area (Å²) in [5.74, 6) is 0.829. The monoisotopic (exact) mass is 790 g/mol. The van der Waals surface area contributed by atoms with Gasteiger partial charge in [-0.15, -0.1) is 0 Å². The van der Waals surface area contributed by atoms with Crippen LogP contribution in [0.4, 0.5) is 0 Å². The molecule has 61 heavy (non-hydrogen) atoms. The number of nitrogens with zero attached hydrogens (tertiary/aromatic N) is 3. The first-order valence-corrected chi connectivity index (χ1v) is 21.1. The number of aromatic nitrogens is 3. The Hall–Kier alpha value is -7.30. The number of rotatable bonds is 9. The summed E-state index contributed by atoms with van der Waals surface area (Å²) < 4.78 is 2.33.